The predicted octanol–water partition coefficient (Wildman–Crippen LogP) is 6.16. The van der Waals surface area contributed by atoms with Crippen LogP contribution in [-0.2, 0) is 11.2 Å². The van der Waals surface area contributed by atoms with Gasteiger partial charge < -0.3 is 20.5 Å². The highest BCUT2D eigenvalue weighted by molar-refractivity contribution is 6.00. The number of hydrogen-bond acceptors (Lipinski definition) is 4. The molecule has 3 aromatic rings. The zero-order chi connectivity index (χ0) is 24.8. The highest BCUT2D eigenvalue weighted by Crippen LogP contribution is 2.29. The van der Waals surface area contributed by atoms with Crippen LogP contribution >= 0.6 is 12.4 Å². The molecule has 1 atom stereocenters. The topological polar surface area (TPSA) is 70.6 Å². The van der Waals surface area contributed by atoms with Crippen molar-refractivity contribution in [2.24, 2.45) is 0 Å². The number of aliphatic hydroxyl groups is 1. The average molecular weight is 505 g/mol. The molecule has 0 saturated heterocycles. The fourth-order valence-electron chi connectivity index (χ4n) is 4.11. The molecule has 0 spiro atoms. The molecule has 6 heteroatoms. The zero-order valence-electron chi connectivity index (χ0n) is 20.8. The molecule has 1 unspecified atom stereocenters. The van der Waals surface area contributed by atoms with Gasteiger partial charge in [0.25, 0.3) is 0 Å². The number of nitrogens with one attached hydrogen (secondary N) is 2. The van der Waals surface area contributed by atoms with Crippen LogP contribution in [0.3, 0.4) is 0 Å². The van der Waals surface area contributed by atoms with Crippen molar-refractivity contribution < 1.29 is 14.6 Å². The standard InChI is InChI=1S/C30H32N2O3.ClH/c1-20(2)35-25-16-14-23(15-17-25)26(22-12-10-21(3)11-13-22)6-4-9-30(34)32-29-8-5-7-28-27(29)18-24(33)19-31-28;/h4-17,20,24,31,33H,18-19H2,1-3H3,(H,32,34);1H. The number of hydrogen-bond donors (Lipinski definition) is 3. The monoisotopic (exact) mass is 504 g/mol. The van der Waals surface area contributed by atoms with Crippen LogP contribution in [0.5, 0.6) is 5.75 Å². The predicted molar refractivity (Wildman–Crippen MR) is 150 cm³/mol. The highest BCUT2D eigenvalue weighted by atomic mass is 35.5. The molecule has 3 N–H and O–H groups in total. The number of aryl methyl sites for hydroxylation is 1. The Kier molecular flexibility index (Phi) is 9.34. The van der Waals surface area contributed by atoms with Gasteiger partial charge in [-0.05, 0) is 61.7 Å². The number of carbonyl (C=O) groups excluding carboxylic acids is 1. The third-order valence-corrected chi connectivity index (χ3v) is 5.81. The third-order valence-electron chi connectivity index (χ3n) is 5.81. The molecule has 0 aromatic heterocycles. The van der Waals surface area contributed by atoms with E-state index in [9.17, 15) is 9.90 Å². The van der Waals surface area contributed by atoms with Crippen molar-refractivity contribution in [3.8, 4) is 5.75 Å². The van der Waals surface area contributed by atoms with E-state index in [4.69, 9.17) is 4.74 Å². The first-order valence-electron chi connectivity index (χ1n) is 12.0. The molecule has 3 aromatic carbocycles. The zero-order valence-corrected chi connectivity index (χ0v) is 21.6. The highest BCUT2D eigenvalue weighted by Gasteiger charge is 2.19. The van der Waals surface area contributed by atoms with E-state index in [1.54, 1.807) is 6.08 Å². The van der Waals surface area contributed by atoms with Crippen LogP contribution < -0.4 is 15.4 Å². The van der Waals surface area contributed by atoms with Gasteiger partial charge in [0.05, 0.1) is 12.2 Å². The van der Waals surface area contributed by atoms with Gasteiger partial charge >= 0.3 is 0 Å². The van der Waals surface area contributed by atoms with Crippen LogP contribution in [0.2, 0.25) is 0 Å². The number of benzene rings is 3. The summed E-state index contributed by atoms with van der Waals surface area (Å²) < 4.78 is 5.78. The van der Waals surface area contributed by atoms with E-state index < -0.39 is 6.10 Å². The van der Waals surface area contributed by atoms with Crippen molar-refractivity contribution in [3.63, 3.8) is 0 Å². The fraction of sp³-hybridized carbons (Fsp3) is 0.233. The maximum absolute atomic E-state index is 12.7. The van der Waals surface area contributed by atoms with Gasteiger partial charge in [0.15, 0.2) is 0 Å². The number of carbonyl (C=O) groups is 1. The maximum Gasteiger partial charge on any atom is 0.248 e. The van der Waals surface area contributed by atoms with Gasteiger partial charge in [-0.25, -0.2) is 0 Å². The van der Waals surface area contributed by atoms with Gasteiger partial charge in [0.1, 0.15) is 5.75 Å². The molecular formula is C30H33ClN2O3. The summed E-state index contributed by atoms with van der Waals surface area (Å²) in [7, 11) is 0. The van der Waals surface area contributed by atoms with E-state index in [1.165, 1.54) is 11.6 Å². The third kappa shape index (κ3) is 7.00. The van der Waals surface area contributed by atoms with E-state index >= 15 is 0 Å². The summed E-state index contributed by atoms with van der Waals surface area (Å²) in [5.74, 6) is 0.603. The Morgan fingerprint density at radius 2 is 1.72 bits per heavy atom. The van der Waals surface area contributed by atoms with Gasteiger partial charge in [-0.1, -0.05) is 60.2 Å². The number of β-amino-alcohol motifs (C(OH)–C–C–N with tert-alkyl or cyclic N) is 1. The number of halogens is 1. The SMILES string of the molecule is Cc1ccc(C(=CC=CC(=O)Nc2cccc3c2CC(O)CN3)c2ccc(OC(C)C)cc2)cc1.Cl. The van der Waals surface area contributed by atoms with E-state index in [2.05, 4.69) is 41.8 Å². The lowest BCUT2D eigenvalue weighted by molar-refractivity contribution is -0.111. The Bertz CT molecular complexity index is 1230. The second-order valence-corrected chi connectivity index (χ2v) is 9.06. The van der Waals surface area contributed by atoms with Crippen molar-refractivity contribution in [1.82, 2.24) is 0 Å². The Labute approximate surface area is 219 Å². The molecule has 5 nitrogen and oxygen atoms in total. The molecule has 1 aliphatic heterocycles. The molecule has 0 aliphatic carbocycles. The van der Waals surface area contributed by atoms with Gasteiger partial charge in [-0.15, -0.1) is 12.4 Å². The lowest BCUT2D eigenvalue weighted by Crippen LogP contribution is -2.28. The number of allylic oxidation sites excluding steroid dienone is 2. The first kappa shape index (κ1) is 27.1. The van der Waals surface area contributed by atoms with Crippen LogP contribution in [0.25, 0.3) is 5.57 Å². The smallest absolute Gasteiger partial charge is 0.248 e. The minimum Gasteiger partial charge on any atom is -0.491 e. The van der Waals surface area contributed by atoms with E-state index in [1.807, 2.05) is 62.4 Å². The summed E-state index contributed by atoms with van der Waals surface area (Å²) in [6.07, 6.45) is 5.41. The largest absolute Gasteiger partial charge is 0.491 e. The van der Waals surface area contributed by atoms with E-state index in [0.29, 0.717) is 18.7 Å². The summed E-state index contributed by atoms with van der Waals surface area (Å²) in [5.41, 5.74) is 6.88. The van der Waals surface area contributed by atoms with Crippen LogP contribution in [0.1, 0.15) is 36.1 Å². The van der Waals surface area contributed by atoms with Gasteiger partial charge in [0.2, 0.25) is 5.91 Å². The molecule has 4 rings (SSSR count). The van der Waals surface area contributed by atoms with Gasteiger partial charge in [-0.3, -0.25) is 4.79 Å². The molecule has 1 amide bonds. The lowest BCUT2D eigenvalue weighted by atomic mass is 9.96. The summed E-state index contributed by atoms with van der Waals surface area (Å²) in [6.45, 7) is 6.59. The van der Waals surface area contributed by atoms with Crippen LogP contribution in [0.15, 0.2) is 85.0 Å². The average Bonchev–Trinajstić information content (AvgIpc) is 2.83. The van der Waals surface area contributed by atoms with Crippen molar-refractivity contribution in [1.29, 1.82) is 0 Å². The Morgan fingerprint density at radius 1 is 1.06 bits per heavy atom. The van der Waals surface area contributed by atoms with Crippen molar-refractivity contribution in [2.75, 3.05) is 17.2 Å². The molecule has 36 heavy (non-hydrogen) atoms. The minimum atomic E-state index is -0.464. The Hall–Kier alpha value is -3.54. The normalized spacial score (nSPS) is 15.1. The van der Waals surface area contributed by atoms with Crippen molar-refractivity contribution >= 4 is 35.3 Å². The number of fused-ring (bicyclic) bond motifs is 1. The first-order valence-corrected chi connectivity index (χ1v) is 12.0. The quantitative estimate of drug-likeness (QED) is 0.266. The van der Waals surface area contributed by atoms with Crippen LogP contribution in [-0.4, -0.2) is 29.8 Å². The second kappa shape index (κ2) is 12.4. The molecule has 0 bridgehead atoms. The molecular weight excluding hydrogens is 472 g/mol. The number of rotatable bonds is 7. The van der Waals surface area contributed by atoms with Crippen LogP contribution in [0.4, 0.5) is 11.4 Å². The van der Waals surface area contributed by atoms with Crippen molar-refractivity contribution in [3.05, 3.63) is 107 Å². The summed E-state index contributed by atoms with van der Waals surface area (Å²) in [6, 6.07) is 22.0. The summed E-state index contributed by atoms with van der Waals surface area (Å²) in [5, 5.41) is 16.2. The van der Waals surface area contributed by atoms with Crippen molar-refractivity contribution in [2.45, 2.75) is 39.4 Å². The molecule has 0 fully saturated rings. The number of aliphatic hydroxyl groups excluding tert-OH is 1. The summed E-state index contributed by atoms with van der Waals surface area (Å²) in [4.78, 5) is 12.7. The van der Waals surface area contributed by atoms with E-state index in [0.717, 1.165) is 33.7 Å². The molecule has 0 radical (unpaired) electrons. The molecule has 188 valence electrons. The number of amides is 1. The fourth-order valence-corrected chi connectivity index (χ4v) is 4.11. The number of ether oxygens (including phenoxy) is 1. The van der Waals surface area contributed by atoms with Gasteiger partial charge in [0, 0.05) is 36.0 Å². The molecule has 1 heterocycles. The minimum absolute atomic E-state index is 0. The summed E-state index contributed by atoms with van der Waals surface area (Å²) >= 11 is 0. The van der Waals surface area contributed by atoms with Crippen LogP contribution in [0, 0.1) is 6.92 Å². The van der Waals surface area contributed by atoms with E-state index in [-0.39, 0.29) is 24.4 Å². The maximum atomic E-state index is 12.7. The second-order valence-electron chi connectivity index (χ2n) is 9.06. The van der Waals surface area contributed by atoms with Gasteiger partial charge in [-0.2, -0.15) is 0 Å². The number of anilines is 2. The Morgan fingerprint density at radius 3 is 2.39 bits per heavy atom. The lowest BCUT2D eigenvalue weighted by Gasteiger charge is -2.24. The first-order chi connectivity index (χ1) is 16.9. The molecule has 1 aliphatic rings. The Balaban J connectivity index is 0.00000361. The molecule has 0 saturated carbocycles.